The predicted molar refractivity (Wildman–Crippen MR) is 68.1 cm³/mol. The van der Waals surface area contributed by atoms with Gasteiger partial charge in [-0.3, -0.25) is 0 Å². The van der Waals surface area contributed by atoms with Gasteiger partial charge in [-0.05, 0) is 31.4 Å². The zero-order valence-electron chi connectivity index (χ0n) is 10.3. The molecule has 1 aromatic carbocycles. The van der Waals surface area contributed by atoms with Crippen molar-refractivity contribution in [2.45, 2.75) is 31.7 Å². The van der Waals surface area contributed by atoms with E-state index < -0.39 is 0 Å². The number of aromatic nitrogens is 2. The number of nitrogens with one attached hydrogen (secondary N) is 1. The van der Waals surface area contributed by atoms with Crippen molar-refractivity contribution >= 4 is 0 Å². The second-order valence-electron chi connectivity index (χ2n) is 4.68. The Labute approximate surface area is 106 Å². The Morgan fingerprint density at radius 2 is 2.06 bits per heavy atom. The third-order valence-corrected chi connectivity index (χ3v) is 3.31. The highest BCUT2D eigenvalue weighted by atomic mass is 16.5. The maximum atomic E-state index is 5.25. The van der Waals surface area contributed by atoms with E-state index in [-0.39, 0.29) is 0 Å². The molecule has 0 amide bonds. The minimum atomic E-state index is 0.292. The van der Waals surface area contributed by atoms with Gasteiger partial charge in [0.25, 0.3) is 0 Å². The van der Waals surface area contributed by atoms with E-state index in [0.29, 0.717) is 6.04 Å². The SMILES string of the molecule is c1ccc(CCCc2noc([C@H]3CCN3)n2)cc1. The molecule has 18 heavy (non-hydrogen) atoms. The summed E-state index contributed by atoms with van der Waals surface area (Å²) in [5.74, 6) is 1.57. The van der Waals surface area contributed by atoms with Gasteiger partial charge in [-0.2, -0.15) is 4.98 Å². The summed E-state index contributed by atoms with van der Waals surface area (Å²) in [7, 11) is 0. The molecule has 2 aromatic rings. The fourth-order valence-corrected chi connectivity index (χ4v) is 2.11. The monoisotopic (exact) mass is 243 g/mol. The fourth-order valence-electron chi connectivity index (χ4n) is 2.11. The molecule has 1 aromatic heterocycles. The minimum Gasteiger partial charge on any atom is -0.338 e. The number of nitrogens with zero attached hydrogens (tertiary/aromatic N) is 2. The van der Waals surface area contributed by atoms with Gasteiger partial charge in [0.2, 0.25) is 5.89 Å². The molecule has 0 bridgehead atoms. The molecule has 1 aliphatic rings. The molecule has 2 heterocycles. The summed E-state index contributed by atoms with van der Waals surface area (Å²) >= 11 is 0. The quantitative estimate of drug-likeness (QED) is 0.875. The molecular weight excluding hydrogens is 226 g/mol. The van der Waals surface area contributed by atoms with Gasteiger partial charge in [-0.15, -0.1) is 0 Å². The summed E-state index contributed by atoms with van der Waals surface area (Å²) in [6, 6.07) is 10.8. The summed E-state index contributed by atoms with van der Waals surface area (Å²) in [4.78, 5) is 4.42. The third kappa shape index (κ3) is 2.59. The van der Waals surface area contributed by atoms with E-state index in [1.807, 2.05) is 6.07 Å². The molecule has 1 aliphatic heterocycles. The first-order valence-corrected chi connectivity index (χ1v) is 6.51. The van der Waals surface area contributed by atoms with E-state index in [1.54, 1.807) is 0 Å². The molecule has 4 nitrogen and oxygen atoms in total. The summed E-state index contributed by atoms with van der Waals surface area (Å²) in [6.07, 6.45) is 4.10. The average Bonchev–Trinajstić information content (AvgIpc) is 2.77. The lowest BCUT2D eigenvalue weighted by molar-refractivity contribution is 0.272. The number of hydrogen-bond donors (Lipinski definition) is 1. The van der Waals surface area contributed by atoms with Gasteiger partial charge in [0.05, 0.1) is 6.04 Å². The van der Waals surface area contributed by atoms with Crippen molar-refractivity contribution in [2.24, 2.45) is 0 Å². The van der Waals surface area contributed by atoms with Crippen molar-refractivity contribution in [2.75, 3.05) is 6.54 Å². The van der Waals surface area contributed by atoms with E-state index >= 15 is 0 Å². The summed E-state index contributed by atoms with van der Waals surface area (Å²) in [5.41, 5.74) is 1.36. The van der Waals surface area contributed by atoms with E-state index in [1.165, 1.54) is 5.56 Å². The van der Waals surface area contributed by atoms with Crippen LogP contribution in [-0.4, -0.2) is 16.7 Å². The van der Waals surface area contributed by atoms with Crippen LogP contribution < -0.4 is 5.32 Å². The maximum absolute atomic E-state index is 5.25. The Kier molecular flexibility index (Phi) is 3.37. The summed E-state index contributed by atoms with van der Waals surface area (Å²) in [6.45, 7) is 1.05. The lowest BCUT2D eigenvalue weighted by atomic mass is 10.1. The van der Waals surface area contributed by atoms with Crippen LogP contribution in [0.3, 0.4) is 0 Å². The Morgan fingerprint density at radius 3 is 2.78 bits per heavy atom. The van der Waals surface area contributed by atoms with Gasteiger partial charge in [0, 0.05) is 6.42 Å². The first kappa shape index (κ1) is 11.4. The van der Waals surface area contributed by atoms with Crippen molar-refractivity contribution in [3.8, 4) is 0 Å². The van der Waals surface area contributed by atoms with Crippen molar-refractivity contribution in [1.82, 2.24) is 15.5 Å². The molecule has 1 saturated heterocycles. The Balaban J connectivity index is 1.49. The molecule has 0 spiro atoms. The molecule has 3 rings (SSSR count). The van der Waals surface area contributed by atoms with Gasteiger partial charge in [-0.25, -0.2) is 0 Å². The molecule has 94 valence electrons. The first-order valence-electron chi connectivity index (χ1n) is 6.51. The Hall–Kier alpha value is -1.68. The van der Waals surface area contributed by atoms with Crippen LogP contribution in [0.25, 0.3) is 0 Å². The number of benzene rings is 1. The van der Waals surface area contributed by atoms with Crippen LogP contribution in [0.15, 0.2) is 34.9 Å². The molecule has 0 unspecified atom stereocenters. The lowest BCUT2D eigenvalue weighted by Crippen LogP contribution is -2.35. The van der Waals surface area contributed by atoms with Gasteiger partial charge in [-0.1, -0.05) is 35.5 Å². The van der Waals surface area contributed by atoms with Gasteiger partial charge in [0.1, 0.15) is 0 Å². The van der Waals surface area contributed by atoms with Crippen LogP contribution in [0.1, 0.15) is 36.2 Å². The zero-order chi connectivity index (χ0) is 12.2. The topological polar surface area (TPSA) is 51.0 Å². The molecule has 1 N–H and O–H groups in total. The van der Waals surface area contributed by atoms with Crippen molar-refractivity contribution in [1.29, 1.82) is 0 Å². The van der Waals surface area contributed by atoms with Crippen LogP contribution in [0, 0.1) is 0 Å². The van der Waals surface area contributed by atoms with E-state index in [2.05, 4.69) is 39.7 Å². The zero-order valence-corrected chi connectivity index (χ0v) is 10.3. The minimum absolute atomic E-state index is 0.292. The largest absolute Gasteiger partial charge is 0.338 e. The fraction of sp³-hybridized carbons (Fsp3) is 0.429. The van der Waals surface area contributed by atoms with Crippen LogP contribution in [0.2, 0.25) is 0 Å². The summed E-state index contributed by atoms with van der Waals surface area (Å²) < 4.78 is 5.25. The number of aryl methyl sites for hydroxylation is 2. The van der Waals surface area contributed by atoms with Crippen molar-refractivity contribution in [3.05, 3.63) is 47.6 Å². The smallest absolute Gasteiger partial charge is 0.243 e. The Morgan fingerprint density at radius 1 is 1.22 bits per heavy atom. The van der Waals surface area contributed by atoms with Crippen LogP contribution in [0.5, 0.6) is 0 Å². The molecule has 0 radical (unpaired) electrons. The number of hydrogen-bond acceptors (Lipinski definition) is 4. The third-order valence-electron chi connectivity index (χ3n) is 3.31. The maximum Gasteiger partial charge on any atom is 0.243 e. The van der Waals surface area contributed by atoms with E-state index in [0.717, 1.165) is 43.9 Å². The standard InChI is InChI=1S/C14H17N3O/c1-2-5-11(6-3-1)7-4-8-13-16-14(18-17-13)12-9-10-15-12/h1-3,5-6,12,15H,4,7-10H2/t12-/m1/s1. The highest BCUT2D eigenvalue weighted by Crippen LogP contribution is 2.20. The van der Waals surface area contributed by atoms with E-state index in [4.69, 9.17) is 4.52 Å². The highest BCUT2D eigenvalue weighted by Gasteiger charge is 2.24. The molecular formula is C14H17N3O. The second kappa shape index (κ2) is 5.31. The van der Waals surface area contributed by atoms with Crippen LogP contribution in [0.4, 0.5) is 0 Å². The van der Waals surface area contributed by atoms with Gasteiger partial charge >= 0.3 is 0 Å². The second-order valence-corrected chi connectivity index (χ2v) is 4.68. The van der Waals surface area contributed by atoms with E-state index in [9.17, 15) is 0 Å². The average molecular weight is 243 g/mol. The number of rotatable bonds is 5. The normalized spacial score (nSPS) is 18.6. The first-order chi connectivity index (χ1) is 8.92. The van der Waals surface area contributed by atoms with Crippen LogP contribution in [-0.2, 0) is 12.8 Å². The summed E-state index contributed by atoms with van der Waals surface area (Å²) in [5, 5.41) is 7.28. The highest BCUT2D eigenvalue weighted by molar-refractivity contribution is 5.14. The van der Waals surface area contributed by atoms with Gasteiger partial charge < -0.3 is 9.84 Å². The lowest BCUT2D eigenvalue weighted by Gasteiger charge is -2.23. The molecule has 1 atom stereocenters. The van der Waals surface area contributed by atoms with Crippen LogP contribution >= 0.6 is 0 Å². The molecule has 1 fully saturated rings. The molecule has 0 saturated carbocycles. The Bertz CT molecular complexity index is 491. The van der Waals surface area contributed by atoms with Crippen molar-refractivity contribution in [3.63, 3.8) is 0 Å². The van der Waals surface area contributed by atoms with Gasteiger partial charge in [0.15, 0.2) is 5.82 Å². The molecule has 0 aliphatic carbocycles. The predicted octanol–water partition coefficient (Wildman–Crippen LogP) is 2.28. The van der Waals surface area contributed by atoms with Crippen molar-refractivity contribution < 1.29 is 4.52 Å². The molecule has 4 heteroatoms.